The molecule has 1 aliphatic rings. The zero-order chi connectivity index (χ0) is 7.72. The summed E-state index contributed by atoms with van der Waals surface area (Å²) in [5.41, 5.74) is 0. The lowest BCUT2D eigenvalue weighted by Gasteiger charge is -2.06. The van der Waals surface area contributed by atoms with Crippen LogP contribution in [0.2, 0.25) is 0 Å². The van der Waals surface area contributed by atoms with E-state index in [1.807, 2.05) is 0 Å². The summed E-state index contributed by atoms with van der Waals surface area (Å²) >= 11 is 11.4. The first kappa shape index (κ1) is 8.31. The third-order valence-corrected chi connectivity index (χ3v) is 2.47. The van der Waals surface area contributed by atoms with Gasteiger partial charge in [0.25, 0.3) is 0 Å². The summed E-state index contributed by atoms with van der Waals surface area (Å²) in [5, 5.41) is -0.409. The monoisotopic (exact) mass is 182 g/mol. The summed E-state index contributed by atoms with van der Waals surface area (Å²) in [7, 11) is 0. The highest BCUT2D eigenvalue weighted by Crippen LogP contribution is 2.30. The van der Waals surface area contributed by atoms with E-state index in [0.29, 0.717) is 0 Å². The van der Waals surface area contributed by atoms with E-state index in [1.165, 1.54) is 0 Å². The van der Waals surface area contributed by atoms with E-state index in [9.17, 15) is 4.79 Å². The Kier molecular flexibility index (Phi) is 2.55. The maximum Gasteiger partial charge on any atom is 0.151 e. The van der Waals surface area contributed by atoms with Crippen LogP contribution in [0.25, 0.3) is 0 Å². The Balaban J connectivity index is 2.32. The van der Waals surface area contributed by atoms with Gasteiger partial charge in [0.05, 0.1) is 5.38 Å². The highest BCUT2D eigenvalue weighted by Gasteiger charge is 2.45. The Morgan fingerprint density at radius 3 is 2.50 bits per heavy atom. The molecule has 0 aromatic rings. The smallest absolute Gasteiger partial charge is 0.151 e. The third kappa shape index (κ3) is 1.62. The second-order valence-electron chi connectivity index (χ2n) is 2.32. The van der Waals surface area contributed by atoms with Crippen LogP contribution in [0.1, 0.15) is 6.92 Å². The molecule has 0 aromatic heterocycles. The summed E-state index contributed by atoms with van der Waals surface area (Å²) in [6.45, 7) is 1.78. The topological polar surface area (TPSA) is 29.6 Å². The fourth-order valence-corrected chi connectivity index (χ4v) is 1.11. The van der Waals surface area contributed by atoms with Crippen molar-refractivity contribution in [2.75, 3.05) is 0 Å². The van der Waals surface area contributed by atoms with Crippen molar-refractivity contribution in [1.82, 2.24) is 0 Å². The predicted octanol–water partition coefficient (Wildman–Crippen LogP) is 1.19. The molecule has 1 rings (SSSR count). The van der Waals surface area contributed by atoms with E-state index >= 15 is 0 Å². The quantitative estimate of drug-likeness (QED) is 0.373. The summed E-state index contributed by atoms with van der Waals surface area (Å²) < 4.78 is 4.90. The fraction of sp³-hybridized carbons (Fsp3) is 0.833. The molecule has 58 valence electrons. The van der Waals surface area contributed by atoms with Crippen molar-refractivity contribution in [1.29, 1.82) is 0 Å². The zero-order valence-electron chi connectivity index (χ0n) is 5.46. The van der Waals surface area contributed by atoms with Crippen LogP contribution in [0, 0.1) is 0 Å². The van der Waals surface area contributed by atoms with Crippen LogP contribution in [0.15, 0.2) is 0 Å². The van der Waals surface area contributed by atoms with Gasteiger partial charge in [-0.25, -0.2) is 0 Å². The fourth-order valence-electron chi connectivity index (χ4n) is 0.763. The number of hydrogen-bond acceptors (Lipinski definition) is 2. The number of ether oxygens (including phenoxy) is 1. The summed E-state index contributed by atoms with van der Waals surface area (Å²) in [6.07, 6.45) is 0.273. The van der Waals surface area contributed by atoms with Gasteiger partial charge < -0.3 is 9.53 Å². The second kappa shape index (κ2) is 3.07. The molecule has 1 heterocycles. The molecule has 0 radical (unpaired) electrons. The summed E-state index contributed by atoms with van der Waals surface area (Å²) in [4.78, 5) is 10.1. The number of aldehydes is 1. The average molecular weight is 183 g/mol. The Hall–Kier alpha value is 0.210. The molecule has 1 saturated heterocycles. The average Bonchev–Trinajstić information content (AvgIpc) is 2.64. The van der Waals surface area contributed by atoms with E-state index < -0.39 is 0 Å². The van der Waals surface area contributed by atoms with E-state index in [0.717, 1.165) is 6.29 Å². The minimum Gasteiger partial charge on any atom is -0.360 e. The van der Waals surface area contributed by atoms with Gasteiger partial charge in [0, 0.05) is 5.38 Å². The molecule has 4 unspecified atom stereocenters. The highest BCUT2D eigenvalue weighted by atomic mass is 35.5. The van der Waals surface area contributed by atoms with Crippen LogP contribution in [-0.4, -0.2) is 29.2 Å². The molecule has 0 bridgehead atoms. The molecular formula is C6H8Cl2O2. The van der Waals surface area contributed by atoms with Crippen molar-refractivity contribution in [3.05, 3.63) is 0 Å². The molecule has 4 atom stereocenters. The van der Waals surface area contributed by atoms with Gasteiger partial charge in [0.1, 0.15) is 12.2 Å². The summed E-state index contributed by atoms with van der Waals surface area (Å²) in [6, 6.07) is 0. The molecule has 0 N–H and O–H groups in total. The number of carbonyl (C=O) groups excluding carboxylic acids is 1. The van der Waals surface area contributed by atoms with Gasteiger partial charge in [-0.2, -0.15) is 0 Å². The molecule has 0 spiro atoms. The lowest BCUT2D eigenvalue weighted by atomic mass is 10.2. The molecule has 0 saturated carbocycles. The number of rotatable bonds is 3. The Bertz CT molecular complexity index is 138. The first-order valence-corrected chi connectivity index (χ1v) is 3.93. The lowest BCUT2D eigenvalue weighted by Crippen LogP contribution is -2.19. The standard InChI is InChI=1S/C6H8Cl2O2/c1-3(7)5(8)6-4(2-9)10-6/h2-6H,1H3. The number of carbonyl (C=O) groups is 1. The minimum absolute atomic E-state index is 0.156. The number of alkyl halides is 2. The molecule has 2 nitrogen and oxygen atoms in total. The first-order valence-electron chi connectivity index (χ1n) is 3.05. The van der Waals surface area contributed by atoms with E-state index in [2.05, 4.69) is 0 Å². The van der Waals surface area contributed by atoms with Gasteiger partial charge >= 0.3 is 0 Å². The molecule has 0 aliphatic carbocycles. The minimum atomic E-state index is -0.316. The van der Waals surface area contributed by atoms with Crippen molar-refractivity contribution in [3.8, 4) is 0 Å². The predicted molar refractivity (Wildman–Crippen MR) is 39.7 cm³/mol. The number of halogens is 2. The van der Waals surface area contributed by atoms with Crippen molar-refractivity contribution in [2.45, 2.75) is 29.9 Å². The Morgan fingerprint density at radius 2 is 2.20 bits per heavy atom. The second-order valence-corrected chi connectivity index (χ2v) is 3.52. The Morgan fingerprint density at radius 1 is 1.60 bits per heavy atom. The molecule has 4 heteroatoms. The van der Waals surface area contributed by atoms with Crippen LogP contribution >= 0.6 is 23.2 Å². The van der Waals surface area contributed by atoms with Crippen molar-refractivity contribution in [3.63, 3.8) is 0 Å². The SMILES string of the molecule is CC(Cl)C(Cl)C1OC1C=O. The van der Waals surface area contributed by atoms with Crippen LogP contribution in [-0.2, 0) is 9.53 Å². The molecule has 1 fully saturated rings. The Labute approximate surface area is 69.4 Å². The van der Waals surface area contributed by atoms with Crippen molar-refractivity contribution >= 4 is 29.5 Å². The van der Waals surface area contributed by atoms with Gasteiger partial charge in [0.2, 0.25) is 0 Å². The number of hydrogen-bond donors (Lipinski definition) is 0. The van der Waals surface area contributed by atoms with Crippen LogP contribution in [0.5, 0.6) is 0 Å². The highest BCUT2D eigenvalue weighted by molar-refractivity contribution is 6.30. The van der Waals surface area contributed by atoms with Crippen LogP contribution in [0.4, 0.5) is 0 Å². The van der Waals surface area contributed by atoms with E-state index in [1.54, 1.807) is 6.92 Å². The van der Waals surface area contributed by atoms with Gasteiger partial charge in [-0.15, -0.1) is 23.2 Å². The summed E-state index contributed by atoms with van der Waals surface area (Å²) in [5.74, 6) is 0. The molecule has 10 heavy (non-hydrogen) atoms. The largest absolute Gasteiger partial charge is 0.360 e. The maximum absolute atomic E-state index is 10.1. The van der Waals surface area contributed by atoms with Gasteiger partial charge in [0.15, 0.2) is 6.29 Å². The van der Waals surface area contributed by atoms with Gasteiger partial charge in [-0.1, -0.05) is 0 Å². The zero-order valence-corrected chi connectivity index (χ0v) is 6.97. The molecular weight excluding hydrogens is 175 g/mol. The van der Waals surface area contributed by atoms with Gasteiger partial charge in [-0.05, 0) is 6.92 Å². The molecule has 0 aromatic carbocycles. The molecule has 1 aliphatic heterocycles. The van der Waals surface area contributed by atoms with E-state index in [4.69, 9.17) is 27.9 Å². The molecule has 0 amide bonds. The van der Waals surface area contributed by atoms with Crippen LogP contribution in [0.3, 0.4) is 0 Å². The normalized spacial score (nSPS) is 36.7. The van der Waals surface area contributed by atoms with Crippen LogP contribution < -0.4 is 0 Å². The number of epoxide rings is 1. The van der Waals surface area contributed by atoms with E-state index in [-0.39, 0.29) is 23.0 Å². The van der Waals surface area contributed by atoms with Crippen molar-refractivity contribution < 1.29 is 9.53 Å². The van der Waals surface area contributed by atoms with Gasteiger partial charge in [-0.3, -0.25) is 0 Å². The third-order valence-electron chi connectivity index (χ3n) is 1.45. The maximum atomic E-state index is 10.1. The lowest BCUT2D eigenvalue weighted by molar-refractivity contribution is -0.108. The van der Waals surface area contributed by atoms with Crippen molar-refractivity contribution in [2.24, 2.45) is 0 Å². The first-order chi connectivity index (χ1) is 4.66.